The van der Waals surface area contributed by atoms with Crippen molar-refractivity contribution >= 4 is 12.0 Å². The molecule has 0 radical (unpaired) electrons. The summed E-state index contributed by atoms with van der Waals surface area (Å²) in [4.78, 5) is 26.3. The maximum absolute atomic E-state index is 12.8. The number of nitrogens with one attached hydrogen (secondary N) is 1. The number of carbonyl (C=O) groups is 2. The summed E-state index contributed by atoms with van der Waals surface area (Å²) in [5, 5.41) is 2.85. The number of benzene rings is 1. The number of alkyl carbamates (subject to hydrolysis) is 1. The van der Waals surface area contributed by atoms with Crippen molar-refractivity contribution in [1.82, 2.24) is 10.2 Å². The number of hydrogen-bond donors (Lipinski definition) is 1. The molecule has 1 aromatic rings. The van der Waals surface area contributed by atoms with E-state index in [2.05, 4.69) is 45.3 Å². The first-order valence-electron chi connectivity index (χ1n) is 10.1. The van der Waals surface area contributed by atoms with Crippen molar-refractivity contribution in [2.75, 3.05) is 20.2 Å². The Hall–Kier alpha value is -2.04. The fourth-order valence-corrected chi connectivity index (χ4v) is 5.42. The molecule has 1 aromatic carbocycles. The minimum absolute atomic E-state index is 0.0414. The average molecular weight is 370 g/mol. The first-order valence-corrected chi connectivity index (χ1v) is 10.1. The van der Waals surface area contributed by atoms with E-state index >= 15 is 0 Å². The number of methoxy groups -OCH3 is 1. The van der Waals surface area contributed by atoms with Gasteiger partial charge in [-0.15, -0.1) is 0 Å². The Kier molecular flexibility index (Phi) is 4.65. The molecule has 146 valence electrons. The summed E-state index contributed by atoms with van der Waals surface area (Å²) in [6.45, 7) is 3.76. The zero-order valence-electron chi connectivity index (χ0n) is 16.4. The second-order valence-corrected chi connectivity index (χ2v) is 9.12. The number of carbonyl (C=O) groups excluding carboxylic acids is 2. The highest BCUT2D eigenvalue weighted by Gasteiger charge is 2.50. The summed E-state index contributed by atoms with van der Waals surface area (Å²) < 4.78 is 4.67. The summed E-state index contributed by atoms with van der Waals surface area (Å²) >= 11 is 0. The van der Waals surface area contributed by atoms with Crippen molar-refractivity contribution in [3.05, 3.63) is 35.9 Å². The van der Waals surface area contributed by atoms with Crippen LogP contribution in [0.2, 0.25) is 0 Å². The van der Waals surface area contributed by atoms with Gasteiger partial charge < -0.3 is 15.0 Å². The summed E-state index contributed by atoms with van der Waals surface area (Å²) in [5.41, 5.74) is 1.62. The summed E-state index contributed by atoms with van der Waals surface area (Å²) in [7, 11) is 1.37. The van der Waals surface area contributed by atoms with Crippen LogP contribution in [0.3, 0.4) is 0 Å². The largest absolute Gasteiger partial charge is 0.453 e. The van der Waals surface area contributed by atoms with Gasteiger partial charge in [-0.3, -0.25) is 4.79 Å². The molecule has 3 fully saturated rings. The van der Waals surface area contributed by atoms with Crippen LogP contribution in [0, 0.1) is 11.3 Å². The topological polar surface area (TPSA) is 58.6 Å². The molecule has 2 amide bonds. The zero-order chi connectivity index (χ0) is 19.1. The van der Waals surface area contributed by atoms with Gasteiger partial charge in [-0.2, -0.15) is 0 Å². The first kappa shape index (κ1) is 18.3. The molecule has 3 aliphatic rings. The van der Waals surface area contributed by atoms with E-state index in [0.717, 1.165) is 25.9 Å². The maximum Gasteiger partial charge on any atom is 0.407 e. The van der Waals surface area contributed by atoms with E-state index in [1.54, 1.807) is 0 Å². The van der Waals surface area contributed by atoms with Crippen LogP contribution in [0.5, 0.6) is 0 Å². The lowest BCUT2D eigenvalue weighted by Crippen LogP contribution is -2.59. The Morgan fingerprint density at radius 3 is 2.30 bits per heavy atom. The molecule has 0 aromatic heterocycles. The van der Waals surface area contributed by atoms with Gasteiger partial charge >= 0.3 is 6.09 Å². The van der Waals surface area contributed by atoms with Gasteiger partial charge in [0.25, 0.3) is 0 Å². The minimum Gasteiger partial charge on any atom is -0.453 e. The van der Waals surface area contributed by atoms with Gasteiger partial charge in [-0.05, 0) is 62.3 Å². The molecule has 0 bridgehead atoms. The highest BCUT2D eigenvalue weighted by molar-refractivity contribution is 5.81. The van der Waals surface area contributed by atoms with Crippen molar-refractivity contribution in [3.63, 3.8) is 0 Å². The Bertz CT molecular complexity index is 696. The van der Waals surface area contributed by atoms with Gasteiger partial charge in [0.1, 0.15) is 0 Å². The number of piperidine rings is 1. The molecule has 5 nitrogen and oxygen atoms in total. The number of hydrogen-bond acceptors (Lipinski definition) is 3. The van der Waals surface area contributed by atoms with E-state index in [4.69, 9.17) is 0 Å². The molecule has 1 heterocycles. The first-order chi connectivity index (χ1) is 12.9. The number of nitrogens with zero attached hydrogens (tertiary/aromatic N) is 1. The van der Waals surface area contributed by atoms with Gasteiger partial charge in [0.05, 0.1) is 7.11 Å². The van der Waals surface area contributed by atoms with E-state index in [0.29, 0.717) is 24.2 Å². The van der Waals surface area contributed by atoms with E-state index in [9.17, 15) is 9.59 Å². The van der Waals surface area contributed by atoms with Crippen LogP contribution in [-0.4, -0.2) is 42.6 Å². The maximum atomic E-state index is 12.8. The third-order valence-electron chi connectivity index (χ3n) is 7.10. The van der Waals surface area contributed by atoms with Crippen LogP contribution in [0.15, 0.2) is 30.3 Å². The molecule has 1 N–H and O–H groups in total. The summed E-state index contributed by atoms with van der Waals surface area (Å²) in [5.74, 6) is 1.01. The van der Waals surface area contributed by atoms with Crippen LogP contribution < -0.4 is 5.32 Å². The highest BCUT2D eigenvalue weighted by Crippen LogP contribution is 2.56. The number of likely N-dealkylation sites (tertiary alicyclic amines) is 1. The van der Waals surface area contributed by atoms with Gasteiger partial charge in [0, 0.05) is 24.5 Å². The minimum atomic E-state index is -0.415. The number of ether oxygens (including phenoxy) is 1. The third-order valence-corrected chi connectivity index (χ3v) is 7.10. The number of amides is 2. The predicted octanol–water partition coefficient (Wildman–Crippen LogP) is 3.70. The van der Waals surface area contributed by atoms with Gasteiger partial charge in [0.2, 0.25) is 5.91 Å². The lowest BCUT2D eigenvalue weighted by Gasteiger charge is -2.53. The third kappa shape index (κ3) is 3.56. The lowest BCUT2D eigenvalue weighted by molar-refractivity contribution is -0.144. The van der Waals surface area contributed by atoms with E-state index < -0.39 is 6.09 Å². The molecule has 1 saturated heterocycles. The van der Waals surface area contributed by atoms with E-state index in [-0.39, 0.29) is 17.4 Å². The molecular formula is C22H30N2O3. The zero-order valence-corrected chi connectivity index (χ0v) is 16.4. The summed E-state index contributed by atoms with van der Waals surface area (Å²) in [6.07, 6.45) is 5.80. The van der Waals surface area contributed by atoms with Crippen LogP contribution in [-0.2, 0) is 9.53 Å². The molecule has 1 aliphatic heterocycles. The van der Waals surface area contributed by atoms with Crippen LogP contribution >= 0.6 is 0 Å². The van der Waals surface area contributed by atoms with Crippen molar-refractivity contribution in [2.24, 2.45) is 11.3 Å². The molecule has 0 unspecified atom stereocenters. The standard InChI is InChI=1S/C22H30N2O3/c1-21(23-20(26)27-2)12-18(13-21)19(25)24-10-8-22(9-11-24)14-17(15-22)16-6-4-3-5-7-16/h3-7,17-18H,8-15H2,1-2H3,(H,23,26). The fourth-order valence-electron chi connectivity index (χ4n) is 5.42. The van der Waals surface area contributed by atoms with Crippen LogP contribution in [0.4, 0.5) is 4.79 Å². The fraction of sp³-hybridized carbons (Fsp3) is 0.636. The SMILES string of the molecule is COC(=O)NC1(C)CC(C(=O)N2CCC3(CC2)CC(c2ccccc2)C3)C1. The predicted molar refractivity (Wildman–Crippen MR) is 103 cm³/mol. The van der Waals surface area contributed by atoms with Crippen LogP contribution in [0.1, 0.15) is 56.9 Å². The quantitative estimate of drug-likeness (QED) is 0.883. The van der Waals surface area contributed by atoms with E-state index in [1.165, 1.54) is 25.5 Å². The molecule has 27 heavy (non-hydrogen) atoms. The molecular weight excluding hydrogens is 340 g/mol. The van der Waals surface area contributed by atoms with Crippen molar-refractivity contribution in [3.8, 4) is 0 Å². The molecule has 1 spiro atoms. The second kappa shape index (κ2) is 6.84. The molecule has 2 aliphatic carbocycles. The molecule has 4 rings (SSSR count). The molecule has 0 atom stereocenters. The number of rotatable bonds is 3. The monoisotopic (exact) mass is 370 g/mol. The molecule has 5 heteroatoms. The Balaban J connectivity index is 1.24. The second-order valence-electron chi connectivity index (χ2n) is 9.12. The highest BCUT2D eigenvalue weighted by atomic mass is 16.5. The normalized spacial score (nSPS) is 29.6. The Morgan fingerprint density at radius 1 is 1.07 bits per heavy atom. The molecule has 2 saturated carbocycles. The van der Waals surface area contributed by atoms with E-state index in [1.807, 2.05) is 6.92 Å². The average Bonchev–Trinajstić information content (AvgIpc) is 2.64. The van der Waals surface area contributed by atoms with Crippen molar-refractivity contribution in [2.45, 2.75) is 56.9 Å². The summed E-state index contributed by atoms with van der Waals surface area (Å²) in [6, 6.07) is 10.8. The Morgan fingerprint density at radius 2 is 1.70 bits per heavy atom. The van der Waals surface area contributed by atoms with Gasteiger partial charge in [0.15, 0.2) is 0 Å². The Labute approximate surface area is 161 Å². The van der Waals surface area contributed by atoms with Gasteiger partial charge in [-0.1, -0.05) is 30.3 Å². The van der Waals surface area contributed by atoms with Crippen molar-refractivity contribution < 1.29 is 14.3 Å². The van der Waals surface area contributed by atoms with Crippen LogP contribution in [0.25, 0.3) is 0 Å². The lowest BCUT2D eigenvalue weighted by atomic mass is 9.56. The smallest absolute Gasteiger partial charge is 0.407 e. The van der Waals surface area contributed by atoms with Gasteiger partial charge in [-0.25, -0.2) is 4.79 Å². The van der Waals surface area contributed by atoms with Crippen molar-refractivity contribution in [1.29, 1.82) is 0 Å².